The first-order valence-corrected chi connectivity index (χ1v) is 11.3. The van der Waals surface area contributed by atoms with Gasteiger partial charge in [0.25, 0.3) is 5.91 Å². The first kappa shape index (κ1) is 20.5. The standard InChI is InChI=1S/C25H19ClN4OS/c1-15-11-18(16(2)29(15)20-10-6-9-19(26)13-20)12-21-23(27)30-22(17-7-4-3-5-8-17)14-32-25(30)28-24(21)31/h3-14,27H,1-2H3. The van der Waals surface area contributed by atoms with E-state index in [0.717, 1.165) is 33.9 Å². The van der Waals surface area contributed by atoms with Crippen LogP contribution in [0.2, 0.25) is 5.02 Å². The van der Waals surface area contributed by atoms with E-state index >= 15 is 0 Å². The number of hydrogen-bond acceptors (Lipinski definition) is 3. The number of benzene rings is 2. The molecule has 0 radical (unpaired) electrons. The maximum atomic E-state index is 12.8. The Morgan fingerprint density at radius 3 is 2.59 bits per heavy atom. The summed E-state index contributed by atoms with van der Waals surface area (Å²) in [6.07, 6.45) is 1.76. The second-order valence-electron chi connectivity index (χ2n) is 7.57. The lowest BCUT2D eigenvalue weighted by atomic mass is 10.1. The molecule has 7 heteroatoms. The van der Waals surface area contributed by atoms with Crippen LogP contribution in [-0.2, 0) is 4.79 Å². The van der Waals surface area contributed by atoms with Gasteiger partial charge in [0.1, 0.15) is 5.84 Å². The van der Waals surface area contributed by atoms with E-state index in [-0.39, 0.29) is 11.4 Å². The second kappa shape index (κ2) is 7.97. The van der Waals surface area contributed by atoms with Crippen LogP contribution < -0.4 is 0 Å². The molecule has 5 rings (SSSR count). The van der Waals surface area contributed by atoms with Crippen molar-refractivity contribution in [2.75, 3.05) is 0 Å². The van der Waals surface area contributed by atoms with E-state index in [2.05, 4.69) is 9.56 Å². The van der Waals surface area contributed by atoms with Gasteiger partial charge in [-0.05, 0) is 55.3 Å². The summed E-state index contributed by atoms with van der Waals surface area (Å²) < 4.78 is 2.09. The summed E-state index contributed by atoms with van der Waals surface area (Å²) in [7, 11) is 0. The Kier molecular flexibility index (Phi) is 5.12. The van der Waals surface area contributed by atoms with Gasteiger partial charge in [-0.2, -0.15) is 4.99 Å². The smallest absolute Gasteiger partial charge is 0.283 e. The van der Waals surface area contributed by atoms with Crippen molar-refractivity contribution in [3.8, 4) is 5.69 Å². The lowest BCUT2D eigenvalue weighted by molar-refractivity contribution is -0.114. The number of aromatic nitrogens is 1. The summed E-state index contributed by atoms with van der Waals surface area (Å²) in [6, 6.07) is 19.5. The molecule has 2 aliphatic rings. The van der Waals surface area contributed by atoms with Gasteiger partial charge < -0.3 is 4.57 Å². The highest BCUT2D eigenvalue weighted by atomic mass is 35.5. The van der Waals surface area contributed by atoms with Crippen LogP contribution in [-0.4, -0.2) is 26.4 Å². The number of amides is 1. The third-order valence-corrected chi connectivity index (χ3v) is 6.58. The highest BCUT2D eigenvalue weighted by molar-refractivity contribution is 8.17. The molecule has 0 saturated carbocycles. The molecule has 158 valence electrons. The monoisotopic (exact) mass is 458 g/mol. The number of carbonyl (C=O) groups is 1. The number of amidine groups is 2. The fourth-order valence-electron chi connectivity index (χ4n) is 4.02. The normalized spacial score (nSPS) is 17.0. The van der Waals surface area contributed by atoms with Crippen molar-refractivity contribution in [2.24, 2.45) is 4.99 Å². The Balaban J connectivity index is 1.56. The number of nitrogens with zero attached hydrogens (tertiary/aromatic N) is 3. The molecule has 0 saturated heterocycles. The Bertz CT molecular complexity index is 1370. The van der Waals surface area contributed by atoms with Crippen molar-refractivity contribution < 1.29 is 4.79 Å². The molecule has 1 N–H and O–H groups in total. The van der Waals surface area contributed by atoms with Crippen molar-refractivity contribution in [3.05, 3.63) is 99.2 Å². The molecule has 5 nitrogen and oxygen atoms in total. The molecule has 1 amide bonds. The van der Waals surface area contributed by atoms with E-state index in [1.54, 1.807) is 11.0 Å². The maximum Gasteiger partial charge on any atom is 0.283 e. The van der Waals surface area contributed by atoms with E-state index in [9.17, 15) is 4.79 Å². The largest absolute Gasteiger partial charge is 0.318 e. The number of thioether (sulfide) groups is 1. The lowest BCUT2D eigenvalue weighted by Crippen LogP contribution is -2.38. The van der Waals surface area contributed by atoms with Crippen LogP contribution in [0.15, 0.2) is 76.6 Å². The molecule has 0 spiro atoms. The zero-order chi connectivity index (χ0) is 22.4. The van der Waals surface area contributed by atoms with Crippen LogP contribution in [0.4, 0.5) is 0 Å². The Morgan fingerprint density at radius 2 is 1.84 bits per heavy atom. The van der Waals surface area contributed by atoms with Crippen LogP contribution >= 0.6 is 23.4 Å². The van der Waals surface area contributed by atoms with Crippen molar-refractivity contribution >= 4 is 52.0 Å². The van der Waals surface area contributed by atoms with Crippen LogP contribution in [0.1, 0.15) is 22.5 Å². The summed E-state index contributed by atoms with van der Waals surface area (Å²) in [5.74, 6) is -0.267. The quantitative estimate of drug-likeness (QED) is 0.486. The molecule has 32 heavy (non-hydrogen) atoms. The van der Waals surface area contributed by atoms with Gasteiger partial charge >= 0.3 is 0 Å². The summed E-state index contributed by atoms with van der Waals surface area (Å²) >= 11 is 7.55. The van der Waals surface area contributed by atoms with Gasteiger partial charge in [-0.1, -0.05) is 59.8 Å². The highest BCUT2D eigenvalue weighted by Gasteiger charge is 2.36. The number of nitrogens with one attached hydrogen (secondary N) is 1. The minimum Gasteiger partial charge on any atom is -0.318 e. The Hall–Kier alpha value is -3.35. The molecule has 0 unspecified atom stereocenters. The second-order valence-corrected chi connectivity index (χ2v) is 8.84. The van der Waals surface area contributed by atoms with E-state index in [1.165, 1.54) is 11.8 Å². The number of aryl methyl sites for hydroxylation is 1. The number of rotatable bonds is 3. The molecule has 2 aliphatic heterocycles. The molecule has 0 fully saturated rings. The van der Waals surface area contributed by atoms with Crippen LogP contribution in [0.5, 0.6) is 0 Å². The molecule has 2 aromatic carbocycles. The molecular formula is C25H19ClN4OS. The summed E-state index contributed by atoms with van der Waals surface area (Å²) in [5, 5.41) is 11.9. The average molecular weight is 459 g/mol. The Morgan fingerprint density at radius 1 is 1.06 bits per heavy atom. The predicted octanol–water partition coefficient (Wildman–Crippen LogP) is 6.05. The molecule has 0 atom stereocenters. The molecule has 3 aromatic rings. The van der Waals surface area contributed by atoms with Crippen molar-refractivity contribution in [3.63, 3.8) is 0 Å². The highest BCUT2D eigenvalue weighted by Crippen LogP contribution is 2.37. The van der Waals surface area contributed by atoms with Gasteiger partial charge in [-0.3, -0.25) is 15.1 Å². The average Bonchev–Trinajstić information content (AvgIpc) is 3.32. The van der Waals surface area contributed by atoms with Gasteiger partial charge in [0.2, 0.25) is 0 Å². The summed E-state index contributed by atoms with van der Waals surface area (Å²) in [4.78, 5) is 18.8. The topological polar surface area (TPSA) is 61.5 Å². The third-order valence-electron chi connectivity index (χ3n) is 5.52. The molecule has 0 aliphatic carbocycles. The predicted molar refractivity (Wildman–Crippen MR) is 132 cm³/mol. The van der Waals surface area contributed by atoms with Crippen LogP contribution in [0.3, 0.4) is 0 Å². The van der Waals surface area contributed by atoms with Crippen LogP contribution in [0.25, 0.3) is 17.5 Å². The Labute approximate surface area is 195 Å². The first-order chi connectivity index (χ1) is 15.4. The summed E-state index contributed by atoms with van der Waals surface area (Å²) in [6.45, 7) is 4.00. The van der Waals surface area contributed by atoms with Crippen molar-refractivity contribution in [1.29, 1.82) is 5.41 Å². The molecule has 3 heterocycles. The number of hydrogen-bond donors (Lipinski definition) is 1. The minimum absolute atomic E-state index is 0.132. The van der Waals surface area contributed by atoms with Gasteiger partial charge in [0.05, 0.1) is 11.3 Å². The van der Waals surface area contributed by atoms with E-state index in [0.29, 0.717) is 10.2 Å². The SMILES string of the molecule is Cc1cc(C=C2C(=N)N3C(c4ccccc4)=CSC3=NC2=O)c(C)n1-c1cccc(Cl)c1. The van der Waals surface area contributed by atoms with Crippen LogP contribution in [0, 0.1) is 19.3 Å². The fraction of sp³-hybridized carbons (Fsp3) is 0.0800. The number of aliphatic imine (C=N–C) groups is 1. The summed E-state index contributed by atoms with van der Waals surface area (Å²) in [5.41, 5.74) is 5.88. The lowest BCUT2D eigenvalue weighted by Gasteiger charge is -2.26. The van der Waals surface area contributed by atoms with Gasteiger partial charge in [0, 0.05) is 27.5 Å². The third kappa shape index (κ3) is 3.42. The fourth-order valence-corrected chi connectivity index (χ4v) is 5.09. The van der Waals surface area contributed by atoms with E-state index < -0.39 is 5.91 Å². The maximum absolute atomic E-state index is 12.8. The van der Waals surface area contributed by atoms with Gasteiger partial charge in [-0.15, -0.1) is 0 Å². The molecular weight excluding hydrogens is 440 g/mol. The van der Waals surface area contributed by atoms with E-state index in [4.69, 9.17) is 17.0 Å². The van der Waals surface area contributed by atoms with Gasteiger partial charge in [0.15, 0.2) is 5.17 Å². The number of fused-ring (bicyclic) bond motifs is 1. The molecule has 1 aromatic heterocycles. The minimum atomic E-state index is -0.399. The number of halogens is 1. The zero-order valence-electron chi connectivity index (χ0n) is 17.5. The van der Waals surface area contributed by atoms with Gasteiger partial charge in [-0.25, -0.2) is 0 Å². The first-order valence-electron chi connectivity index (χ1n) is 10.0. The van der Waals surface area contributed by atoms with Crippen molar-refractivity contribution in [2.45, 2.75) is 13.8 Å². The van der Waals surface area contributed by atoms with Crippen molar-refractivity contribution in [1.82, 2.24) is 9.47 Å². The number of carbonyl (C=O) groups excluding carboxylic acids is 1. The molecule has 0 bridgehead atoms. The zero-order valence-corrected chi connectivity index (χ0v) is 19.0. The van der Waals surface area contributed by atoms with E-state index in [1.807, 2.05) is 79.9 Å².